The lowest BCUT2D eigenvalue weighted by atomic mass is 9.90. The molecule has 210 valence electrons. The molecule has 0 aliphatic carbocycles. The molecule has 0 saturated carbocycles. The Labute approximate surface area is 230 Å². The summed E-state index contributed by atoms with van der Waals surface area (Å²) in [6.45, 7) is 3.07. The maximum Gasteiger partial charge on any atom is 0.224 e. The summed E-state index contributed by atoms with van der Waals surface area (Å²) in [5.74, 6) is -0.472. The van der Waals surface area contributed by atoms with Gasteiger partial charge in [-0.15, -0.1) is 0 Å². The SMILES string of the molecule is COc1ccc(CC(CC(=O)CN2CCCCC2CO)C(=O)NC(Cc2ccccc2)C(=O)C2(C)CO2)cc1. The number of aliphatic hydroxyl groups is 1. The molecule has 4 atom stereocenters. The zero-order chi connectivity index (χ0) is 27.8. The number of methoxy groups -OCH3 is 1. The van der Waals surface area contributed by atoms with Gasteiger partial charge in [-0.05, 0) is 62.4 Å². The first-order chi connectivity index (χ1) is 18.8. The number of likely N-dealkylation sites (tertiary alicyclic amines) is 1. The number of nitrogens with one attached hydrogen (secondary N) is 1. The van der Waals surface area contributed by atoms with Gasteiger partial charge in [0.15, 0.2) is 5.78 Å². The number of piperidine rings is 1. The molecule has 2 fully saturated rings. The minimum atomic E-state index is -0.887. The highest BCUT2D eigenvalue weighted by Gasteiger charge is 2.50. The average Bonchev–Trinajstić information content (AvgIpc) is 3.71. The molecule has 2 aliphatic heterocycles. The third kappa shape index (κ3) is 7.97. The Hall–Kier alpha value is -3.07. The number of carbonyl (C=O) groups excluding carboxylic acids is 3. The van der Waals surface area contributed by atoms with Crippen molar-refractivity contribution in [3.63, 3.8) is 0 Å². The molecule has 2 aromatic carbocycles. The van der Waals surface area contributed by atoms with Crippen LogP contribution in [-0.2, 0) is 32.0 Å². The van der Waals surface area contributed by atoms with E-state index in [2.05, 4.69) is 5.32 Å². The first-order valence-corrected chi connectivity index (χ1v) is 13.8. The topological polar surface area (TPSA) is 108 Å². The van der Waals surface area contributed by atoms with E-state index < -0.39 is 17.6 Å². The second-order valence-corrected chi connectivity index (χ2v) is 10.9. The second-order valence-electron chi connectivity index (χ2n) is 10.9. The molecular formula is C31H40N2O6. The number of hydrogen-bond acceptors (Lipinski definition) is 7. The number of rotatable bonds is 14. The summed E-state index contributed by atoms with van der Waals surface area (Å²) in [7, 11) is 1.60. The second kappa shape index (κ2) is 13.3. The zero-order valence-corrected chi connectivity index (χ0v) is 22.9. The van der Waals surface area contributed by atoms with Crippen LogP contribution in [0.25, 0.3) is 0 Å². The number of amides is 1. The lowest BCUT2D eigenvalue weighted by Gasteiger charge is -2.34. The van der Waals surface area contributed by atoms with Crippen molar-refractivity contribution in [2.24, 2.45) is 5.92 Å². The fourth-order valence-corrected chi connectivity index (χ4v) is 5.31. The zero-order valence-electron chi connectivity index (χ0n) is 22.9. The maximum absolute atomic E-state index is 13.7. The lowest BCUT2D eigenvalue weighted by molar-refractivity contribution is -0.134. The van der Waals surface area contributed by atoms with Crippen molar-refractivity contribution in [3.05, 3.63) is 65.7 Å². The summed E-state index contributed by atoms with van der Waals surface area (Å²) in [6.07, 6.45) is 3.64. The monoisotopic (exact) mass is 536 g/mol. The van der Waals surface area contributed by atoms with E-state index in [4.69, 9.17) is 9.47 Å². The largest absolute Gasteiger partial charge is 0.497 e. The number of carbonyl (C=O) groups is 3. The van der Waals surface area contributed by atoms with E-state index in [9.17, 15) is 19.5 Å². The van der Waals surface area contributed by atoms with Gasteiger partial charge in [-0.1, -0.05) is 48.9 Å². The lowest BCUT2D eigenvalue weighted by Crippen LogP contribution is -2.50. The molecule has 4 unspecified atom stereocenters. The molecule has 39 heavy (non-hydrogen) atoms. The van der Waals surface area contributed by atoms with Gasteiger partial charge in [0, 0.05) is 18.4 Å². The van der Waals surface area contributed by atoms with Gasteiger partial charge in [-0.25, -0.2) is 0 Å². The molecule has 0 spiro atoms. The third-order valence-corrected chi connectivity index (χ3v) is 7.84. The molecule has 0 radical (unpaired) electrons. The van der Waals surface area contributed by atoms with Crippen LogP contribution in [0, 0.1) is 5.92 Å². The summed E-state index contributed by atoms with van der Waals surface area (Å²) in [6, 6.07) is 16.2. The number of hydrogen-bond donors (Lipinski definition) is 2. The van der Waals surface area contributed by atoms with E-state index in [0.29, 0.717) is 25.2 Å². The summed E-state index contributed by atoms with van der Waals surface area (Å²) >= 11 is 0. The summed E-state index contributed by atoms with van der Waals surface area (Å²) < 4.78 is 10.7. The van der Waals surface area contributed by atoms with Crippen LogP contribution in [-0.4, -0.2) is 78.6 Å². The molecule has 8 nitrogen and oxygen atoms in total. The first-order valence-electron chi connectivity index (χ1n) is 13.8. The molecule has 2 saturated heterocycles. The van der Waals surface area contributed by atoms with Gasteiger partial charge in [0.05, 0.1) is 32.9 Å². The number of benzene rings is 2. The Morgan fingerprint density at radius 1 is 1.08 bits per heavy atom. The predicted molar refractivity (Wildman–Crippen MR) is 148 cm³/mol. The van der Waals surface area contributed by atoms with Crippen LogP contribution in [0.4, 0.5) is 0 Å². The number of ketones is 2. The van der Waals surface area contributed by atoms with E-state index in [1.54, 1.807) is 14.0 Å². The van der Waals surface area contributed by atoms with Crippen molar-refractivity contribution in [2.45, 2.75) is 63.1 Å². The fourth-order valence-electron chi connectivity index (χ4n) is 5.31. The Kier molecular flexibility index (Phi) is 9.88. The third-order valence-electron chi connectivity index (χ3n) is 7.84. The Balaban J connectivity index is 1.50. The van der Waals surface area contributed by atoms with E-state index in [1.807, 2.05) is 59.5 Å². The molecule has 2 aromatic rings. The first kappa shape index (κ1) is 28.9. The van der Waals surface area contributed by atoms with Crippen LogP contribution in [0.15, 0.2) is 54.6 Å². The van der Waals surface area contributed by atoms with Gasteiger partial charge in [-0.3, -0.25) is 19.3 Å². The van der Waals surface area contributed by atoms with Gasteiger partial charge in [-0.2, -0.15) is 0 Å². The number of nitrogens with zero attached hydrogens (tertiary/aromatic N) is 1. The quantitative estimate of drug-likeness (QED) is 0.358. The summed E-state index contributed by atoms with van der Waals surface area (Å²) in [5, 5.41) is 12.7. The number of aliphatic hydroxyl groups excluding tert-OH is 1. The summed E-state index contributed by atoms with van der Waals surface area (Å²) in [4.78, 5) is 42.3. The average molecular weight is 537 g/mol. The van der Waals surface area contributed by atoms with Gasteiger partial charge in [0.1, 0.15) is 17.1 Å². The molecule has 0 bridgehead atoms. The highest BCUT2D eigenvalue weighted by Crippen LogP contribution is 2.29. The molecule has 1 amide bonds. The maximum atomic E-state index is 13.7. The molecule has 8 heteroatoms. The Morgan fingerprint density at radius 3 is 2.41 bits per heavy atom. The number of ether oxygens (including phenoxy) is 2. The van der Waals surface area contributed by atoms with Crippen molar-refractivity contribution in [2.75, 3.05) is 33.4 Å². The van der Waals surface area contributed by atoms with Crippen LogP contribution in [0.5, 0.6) is 5.75 Å². The number of epoxide rings is 1. The van der Waals surface area contributed by atoms with Gasteiger partial charge in [0.25, 0.3) is 0 Å². The molecule has 2 N–H and O–H groups in total. The van der Waals surface area contributed by atoms with Crippen molar-refractivity contribution in [1.82, 2.24) is 10.2 Å². The van der Waals surface area contributed by atoms with E-state index >= 15 is 0 Å². The molecular weight excluding hydrogens is 496 g/mol. The normalized spacial score (nSPS) is 22.5. The van der Waals surface area contributed by atoms with Crippen LogP contribution in [0.1, 0.15) is 43.7 Å². The minimum Gasteiger partial charge on any atom is -0.497 e. The van der Waals surface area contributed by atoms with Crippen molar-refractivity contribution >= 4 is 17.5 Å². The van der Waals surface area contributed by atoms with Crippen LogP contribution < -0.4 is 10.1 Å². The van der Waals surface area contributed by atoms with E-state index in [0.717, 1.165) is 36.9 Å². The van der Waals surface area contributed by atoms with Crippen molar-refractivity contribution in [1.29, 1.82) is 0 Å². The Morgan fingerprint density at radius 2 is 1.77 bits per heavy atom. The predicted octanol–water partition coefficient (Wildman–Crippen LogP) is 2.75. The fraction of sp³-hybridized carbons (Fsp3) is 0.516. The van der Waals surface area contributed by atoms with Crippen molar-refractivity contribution < 1.29 is 29.0 Å². The van der Waals surface area contributed by atoms with Gasteiger partial charge >= 0.3 is 0 Å². The van der Waals surface area contributed by atoms with E-state index in [-0.39, 0.29) is 43.1 Å². The van der Waals surface area contributed by atoms with Crippen LogP contribution >= 0.6 is 0 Å². The van der Waals surface area contributed by atoms with Crippen LogP contribution in [0.3, 0.4) is 0 Å². The Bertz CT molecular complexity index is 1120. The smallest absolute Gasteiger partial charge is 0.224 e. The molecule has 2 heterocycles. The highest BCUT2D eigenvalue weighted by molar-refractivity contribution is 5.97. The van der Waals surface area contributed by atoms with Crippen molar-refractivity contribution in [3.8, 4) is 5.75 Å². The van der Waals surface area contributed by atoms with Gasteiger partial charge < -0.3 is 19.9 Å². The number of Topliss-reactive ketones (excluding diaryl/α,β-unsaturated/α-hetero) is 2. The molecule has 2 aliphatic rings. The molecule has 4 rings (SSSR count). The minimum absolute atomic E-state index is 0.0210. The van der Waals surface area contributed by atoms with E-state index in [1.165, 1.54) is 0 Å². The van der Waals surface area contributed by atoms with Gasteiger partial charge in [0.2, 0.25) is 5.91 Å². The standard InChI is InChI=1S/C31H40N2O6/c1-31(21-39-31)29(36)28(17-22-8-4-3-5-9-22)32-30(37)24(16-23-11-13-27(38-2)14-12-23)18-26(35)19-33-15-7-6-10-25(33)20-34/h3-5,8-9,11-14,24-25,28,34H,6-7,10,15-21H2,1-2H3,(H,32,37). The summed E-state index contributed by atoms with van der Waals surface area (Å²) in [5.41, 5.74) is 0.948. The molecule has 0 aromatic heterocycles. The van der Waals surface area contributed by atoms with Crippen LogP contribution in [0.2, 0.25) is 0 Å². The highest BCUT2D eigenvalue weighted by atomic mass is 16.6.